The molecule has 1 N–H and O–H groups in total. The number of fused-ring (bicyclic) bond motifs is 1. The Hall–Kier alpha value is -2.79. The van der Waals surface area contributed by atoms with E-state index in [0.29, 0.717) is 13.0 Å². The van der Waals surface area contributed by atoms with E-state index in [2.05, 4.69) is 11.1 Å². The fraction of sp³-hybridized carbons (Fsp3) is 0.273. The molecule has 0 radical (unpaired) electrons. The lowest BCUT2D eigenvalue weighted by Crippen LogP contribution is -2.46. The maximum absolute atomic E-state index is 14.0. The van der Waals surface area contributed by atoms with Crippen molar-refractivity contribution in [3.8, 4) is 0 Å². The molecule has 5 heteroatoms. The number of carbonyl (C=O) groups is 1. The first kappa shape index (κ1) is 17.6. The summed E-state index contributed by atoms with van der Waals surface area (Å²) in [6.45, 7) is 0.673. The Labute approximate surface area is 157 Å². The molecule has 1 aromatic heterocycles. The number of benzene rings is 2. The predicted octanol–water partition coefficient (Wildman–Crippen LogP) is 4.40. The quantitative estimate of drug-likeness (QED) is 0.745. The van der Waals surface area contributed by atoms with Crippen molar-refractivity contribution in [2.24, 2.45) is 0 Å². The van der Waals surface area contributed by atoms with E-state index in [1.54, 1.807) is 18.5 Å². The summed E-state index contributed by atoms with van der Waals surface area (Å²) in [5, 5.41) is 11.8. The maximum atomic E-state index is 14.0. The van der Waals surface area contributed by atoms with Crippen LogP contribution in [0, 0.1) is 5.82 Å². The van der Waals surface area contributed by atoms with Gasteiger partial charge in [-0.3, -0.25) is 14.7 Å². The van der Waals surface area contributed by atoms with E-state index in [-0.39, 0.29) is 11.9 Å². The molecule has 1 aliphatic rings. The molecule has 1 saturated heterocycles. The van der Waals surface area contributed by atoms with Crippen molar-refractivity contribution in [1.29, 1.82) is 0 Å². The van der Waals surface area contributed by atoms with E-state index < -0.39 is 12.0 Å². The second-order valence-electron chi connectivity index (χ2n) is 7.03. The molecule has 138 valence electrons. The van der Waals surface area contributed by atoms with Gasteiger partial charge in [0.1, 0.15) is 11.9 Å². The Morgan fingerprint density at radius 3 is 2.78 bits per heavy atom. The third-order valence-electron chi connectivity index (χ3n) is 5.31. The van der Waals surface area contributed by atoms with Gasteiger partial charge in [0.05, 0.1) is 6.04 Å². The molecule has 27 heavy (non-hydrogen) atoms. The van der Waals surface area contributed by atoms with Crippen LogP contribution in [0.1, 0.15) is 36.4 Å². The van der Waals surface area contributed by atoms with Crippen LogP contribution in [-0.4, -0.2) is 33.5 Å². The molecule has 2 aromatic carbocycles. The van der Waals surface area contributed by atoms with Crippen molar-refractivity contribution in [2.75, 3.05) is 6.54 Å². The standard InChI is InChI=1S/C22H21FN2O2/c23-19-5-3-4-16(13-19)21(25-11-2-1-6-20(25)22(26)27)17-7-8-18-14-24-10-9-15(18)12-17/h3-5,7-10,12-14,20-21H,1-2,6,11H2,(H,26,27). The minimum atomic E-state index is -0.818. The van der Waals surface area contributed by atoms with Gasteiger partial charge in [-0.05, 0) is 60.2 Å². The Morgan fingerprint density at radius 1 is 1.11 bits per heavy atom. The summed E-state index contributed by atoms with van der Waals surface area (Å²) in [5.41, 5.74) is 1.74. The molecule has 0 amide bonds. The Kier molecular flexibility index (Phi) is 4.86. The fourth-order valence-electron chi connectivity index (χ4n) is 4.05. The van der Waals surface area contributed by atoms with Crippen molar-refractivity contribution in [3.63, 3.8) is 0 Å². The average Bonchev–Trinajstić information content (AvgIpc) is 2.68. The normalized spacial score (nSPS) is 19.1. The van der Waals surface area contributed by atoms with Gasteiger partial charge < -0.3 is 5.11 Å². The van der Waals surface area contributed by atoms with Gasteiger partial charge in [-0.25, -0.2) is 4.39 Å². The summed E-state index contributed by atoms with van der Waals surface area (Å²) in [5.74, 6) is -1.13. The van der Waals surface area contributed by atoms with Crippen molar-refractivity contribution >= 4 is 16.7 Å². The summed E-state index contributed by atoms with van der Waals surface area (Å²) in [4.78, 5) is 18.0. The largest absolute Gasteiger partial charge is 0.480 e. The van der Waals surface area contributed by atoms with Crippen molar-refractivity contribution in [3.05, 3.63) is 77.9 Å². The zero-order valence-corrected chi connectivity index (χ0v) is 14.9. The number of hydrogen-bond donors (Lipinski definition) is 1. The monoisotopic (exact) mass is 364 g/mol. The van der Waals surface area contributed by atoms with Gasteiger partial charge in [0.2, 0.25) is 0 Å². The van der Waals surface area contributed by atoms with E-state index in [1.807, 2.05) is 29.2 Å². The Balaban J connectivity index is 1.85. The lowest BCUT2D eigenvalue weighted by atomic mass is 9.91. The topological polar surface area (TPSA) is 53.4 Å². The number of carboxylic acids is 1. The SMILES string of the molecule is O=C(O)C1CCCCN1C(c1cccc(F)c1)c1ccc2cnccc2c1. The zero-order chi connectivity index (χ0) is 18.8. The minimum absolute atomic E-state index is 0.306. The number of halogens is 1. The summed E-state index contributed by atoms with van der Waals surface area (Å²) in [6.07, 6.45) is 5.99. The van der Waals surface area contributed by atoms with Crippen LogP contribution in [-0.2, 0) is 4.79 Å². The summed E-state index contributed by atoms with van der Waals surface area (Å²) in [7, 11) is 0. The van der Waals surface area contributed by atoms with Crippen LogP contribution >= 0.6 is 0 Å². The molecular weight excluding hydrogens is 343 g/mol. The van der Waals surface area contributed by atoms with Crippen LogP contribution in [0.2, 0.25) is 0 Å². The van der Waals surface area contributed by atoms with Gasteiger partial charge >= 0.3 is 5.97 Å². The molecule has 2 heterocycles. The highest BCUT2D eigenvalue weighted by Crippen LogP contribution is 2.35. The van der Waals surface area contributed by atoms with Crippen LogP contribution in [0.4, 0.5) is 4.39 Å². The third-order valence-corrected chi connectivity index (χ3v) is 5.31. The fourth-order valence-corrected chi connectivity index (χ4v) is 4.05. The molecule has 2 unspecified atom stereocenters. The molecular formula is C22H21FN2O2. The second kappa shape index (κ2) is 7.45. The van der Waals surface area contributed by atoms with Crippen LogP contribution in [0.25, 0.3) is 10.8 Å². The zero-order valence-electron chi connectivity index (χ0n) is 14.9. The van der Waals surface area contributed by atoms with Gasteiger partial charge in [0, 0.05) is 17.8 Å². The molecule has 4 nitrogen and oxygen atoms in total. The molecule has 0 aliphatic carbocycles. The van der Waals surface area contributed by atoms with Crippen molar-refractivity contribution < 1.29 is 14.3 Å². The number of nitrogens with zero attached hydrogens (tertiary/aromatic N) is 2. The van der Waals surface area contributed by atoms with Gasteiger partial charge in [0.25, 0.3) is 0 Å². The van der Waals surface area contributed by atoms with E-state index in [4.69, 9.17) is 0 Å². The van der Waals surface area contributed by atoms with E-state index >= 15 is 0 Å². The third kappa shape index (κ3) is 3.55. The average molecular weight is 364 g/mol. The smallest absolute Gasteiger partial charge is 0.320 e. The number of hydrogen-bond acceptors (Lipinski definition) is 3. The molecule has 4 rings (SSSR count). The van der Waals surface area contributed by atoms with Crippen LogP contribution in [0.3, 0.4) is 0 Å². The summed E-state index contributed by atoms with van der Waals surface area (Å²) >= 11 is 0. The summed E-state index contributed by atoms with van der Waals surface area (Å²) in [6, 6.07) is 13.6. The number of aliphatic carboxylic acids is 1. The van der Waals surface area contributed by atoms with E-state index in [0.717, 1.165) is 34.7 Å². The first-order valence-corrected chi connectivity index (χ1v) is 9.21. The highest BCUT2D eigenvalue weighted by Gasteiger charge is 2.35. The molecule has 1 aliphatic heterocycles. The number of piperidine rings is 1. The van der Waals surface area contributed by atoms with Crippen LogP contribution < -0.4 is 0 Å². The molecule has 0 spiro atoms. The first-order valence-electron chi connectivity index (χ1n) is 9.21. The molecule has 0 bridgehead atoms. The second-order valence-corrected chi connectivity index (χ2v) is 7.03. The van der Waals surface area contributed by atoms with Gasteiger partial charge in [-0.2, -0.15) is 0 Å². The number of aromatic nitrogens is 1. The molecule has 1 fully saturated rings. The minimum Gasteiger partial charge on any atom is -0.480 e. The van der Waals surface area contributed by atoms with Crippen molar-refractivity contribution in [1.82, 2.24) is 9.88 Å². The van der Waals surface area contributed by atoms with Gasteiger partial charge in [-0.1, -0.05) is 30.7 Å². The van der Waals surface area contributed by atoms with Gasteiger partial charge in [-0.15, -0.1) is 0 Å². The predicted molar refractivity (Wildman–Crippen MR) is 102 cm³/mol. The maximum Gasteiger partial charge on any atom is 0.320 e. The Morgan fingerprint density at radius 2 is 1.96 bits per heavy atom. The summed E-state index contributed by atoms with van der Waals surface area (Å²) < 4.78 is 14.0. The number of pyridine rings is 1. The van der Waals surface area contributed by atoms with Gasteiger partial charge in [0.15, 0.2) is 0 Å². The van der Waals surface area contributed by atoms with Crippen molar-refractivity contribution in [2.45, 2.75) is 31.3 Å². The van der Waals surface area contributed by atoms with Crippen LogP contribution in [0.15, 0.2) is 60.9 Å². The molecule has 3 aromatic rings. The molecule has 0 saturated carbocycles. The number of rotatable bonds is 4. The Bertz CT molecular complexity index is 975. The van der Waals surface area contributed by atoms with Crippen LogP contribution in [0.5, 0.6) is 0 Å². The number of likely N-dealkylation sites (tertiary alicyclic amines) is 1. The highest BCUT2D eigenvalue weighted by molar-refractivity contribution is 5.82. The van der Waals surface area contributed by atoms with E-state index in [1.165, 1.54) is 12.1 Å². The number of carboxylic acid groups (broad SMARTS) is 1. The molecule has 2 atom stereocenters. The van der Waals surface area contributed by atoms with E-state index in [9.17, 15) is 14.3 Å². The first-order chi connectivity index (χ1) is 13.1. The lowest BCUT2D eigenvalue weighted by molar-refractivity contribution is -0.145. The highest BCUT2D eigenvalue weighted by atomic mass is 19.1. The lowest BCUT2D eigenvalue weighted by Gasteiger charge is -2.39.